The Morgan fingerprint density at radius 1 is 1.10 bits per heavy atom. The number of hydrogen-bond donors (Lipinski definition) is 2. The normalized spacial score (nSPS) is 12.2. The van der Waals surface area contributed by atoms with E-state index in [4.69, 9.17) is 5.73 Å². The van der Waals surface area contributed by atoms with Gasteiger partial charge in [-0.1, -0.05) is 48.5 Å². The molecule has 0 spiro atoms. The quantitative estimate of drug-likeness (QED) is 0.768. The molecule has 0 radical (unpaired) electrons. The first-order valence-electron chi connectivity index (χ1n) is 6.79. The summed E-state index contributed by atoms with van der Waals surface area (Å²) in [4.78, 5) is 13.0. The van der Waals surface area contributed by atoms with Gasteiger partial charge in [0.25, 0.3) is 5.91 Å². The van der Waals surface area contributed by atoms with Crippen molar-refractivity contribution in [3.63, 3.8) is 0 Å². The summed E-state index contributed by atoms with van der Waals surface area (Å²) < 4.78 is 1.03. The lowest BCUT2D eigenvalue weighted by atomic mass is 10.1. The third-order valence-corrected chi connectivity index (χ3v) is 4.67. The summed E-state index contributed by atoms with van der Waals surface area (Å²) in [6.07, 6.45) is 0. The van der Waals surface area contributed by atoms with Crippen LogP contribution in [0.4, 0.5) is 5.69 Å². The van der Waals surface area contributed by atoms with Gasteiger partial charge in [0.05, 0.1) is 11.7 Å². The van der Waals surface area contributed by atoms with Gasteiger partial charge in [0, 0.05) is 10.1 Å². The zero-order chi connectivity index (χ0) is 14.8. The van der Waals surface area contributed by atoms with E-state index >= 15 is 0 Å². The molecule has 1 heterocycles. The van der Waals surface area contributed by atoms with Gasteiger partial charge >= 0.3 is 0 Å². The van der Waals surface area contributed by atoms with Crippen LogP contribution in [-0.2, 0) is 0 Å². The van der Waals surface area contributed by atoms with Crippen molar-refractivity contribution in [2.24, 2.45) is 0 Å². The molecular weight excluding hydrogens is 280 g/mol. The van der Waals surface area contributed by atoms with Gasteiger partial charge < -0.3 is 11.1 Å². The molecule has 0 aliphatic heterocycles. The SMILES string of the molecule is CC(NC(=O)c1sc2ccccc2c1N)c1ccccc1. The molecule has 3 N–H and O–H groups in total. The topological polar surface area (TPSA) is 55.1 Å². The Morgan fingerprint density at radius 2 is 1.76 bits per heavy atom. The third-order valence-electron chi connectivity index (χ3n) is 3.49. The lowest BCUT2D eigenvalue weighted by molar-refractivity contribution is 0.0945. The molecule has 0 fully saturated rings. The Labute approximate surface area is 127 Å². The van der Waals surface area contributed by atoms with Gasteiger partial charge in [-0.2, -0.15) is 0 Å². The average molecular weight is 296 g/mol. The smallest absolute Gasteiger partial charge is 0.263 e. The van der Waals surface area contributed by atoms with Crippen molar-refractivity contribution in [3.05, 3.63) is 65.0 Å². The highest BCUT2D eigenvalue weighted by Crippen LogP contribution is 2.33. The van der Waals surface area contributed by atoms with E-state index in [0.29, 0.717) is 10.6 Å². The predicted octanol–water partition coefficient (Wildman–Crippen LogP) is 3.97. The zero-order valence-corrected chi connectivity index (χ0v) is 12.5. The Bertz CT molecular complexity index is 780. The number of amides is 1. The van der Waals surface area contributed by atoms with Gasteiger partial charge in [0.15, 0.2) is 0 Å². The standard InChI is InChI=1S/C17H16N2OS/c1-11(12-7-3-2-4-8-12)19-17(20)16-15(18)13-9-5-6-10-14(13)21-16/h2-11H,18H2,1H3,(H,19,20). The van der Waals surface area contributed by atoms with Crippen molar-refractivity contribution in [1.29, 1.82) is 0 Å². The number of thiophene rings is 1. The maximum atomic E-state index is 12.4. The highest BCUT2D eigenvalue weighted by molar-refractivity contribution is 7.21. The molecule has 106 valence electrons. The maximum Gasteiger partial charge on any atom is 0.263 e. The number of nitrogens with two attached hydrogens (primary N) is 1. The van der Waals surface area contributed by atoms with Gasteiger partial charge in [0.2, 0.25) is 0 Å². The number of carbonyl (C=O) groups is 1. The summed E-state index contributed by atoms with van der Waals surface area (Å²) in [6, 6.07) is 17.6. The first kappa shape index (κ1) is 13.6. The molecule has 2 aromatic carbocycles. The van der Waals surface area contributed by atoms with Gasteiger partial charge in [0.1, 0.15) is 4.88 Å². The van der Waals surface area contributed by atoms with Gasteiger partial charge in [-0.05, 0) is 18.6 Å². The summed E-state index contributed by atoms with van der Waals surface area (Å²) in [5.74, 6) is -0.120. The fourth-order valence-electron chi connectivity index (χ4n) is 2.32. The number of nitrogen functional groups attached to an aromatic ring is 1. The lowest BCUT2D eigenvalue weighted by Crippen LogP contribution is -2.26. The molecule has 1 atom stereocenters. The molecule has 0 saturated carbocycles. The van der Waals surface area contributed by atoms with Crippen molar-refractivity contribution in [2.45, 2.75) is 13.0 Å². The second kappa shape index (κ2) is 5.58. The number of nitrogens with one attached hydrogen (secondary N) is 1. The van der Waals surface area contributed by atoms with Crippen LogP contribution in [0.3, 0.4) is 0 Å². The lowest BCUT2D eigenvalue weighted by Gasteiger charge is -2.13. The van der Waals surface area contributed by atoms with Crippen LogP contribution in [-0.4, -0.2) is 5.91 Å². The fraction of sp³-hybridized carbons (Fsp3) is 0.118. The average Bonchev–Trinajstić information content (AvgIpc) is 2.86. The van der Waals surface area contributed by atoms with E-state index in [-0.39, 0.29) is 11.9 Å². The van der Waals surface area contributed by atoms with E-state index < -0.39 is 0 Å². The van der Waals surface area contributed by atoms with Crippen molar-refractivity contribution >= 4 is 33.0 Å². The van der Waals surface area contributed by atoms with Crippen molar-refractivity contribution in [3.8, 4) is 0 Å². The Kier molecular flexibility index (Phi) is 3.62. The van der Waals surface area contributed by atoms with Crippen LogP contribution in [0.1, 0.15) is 28.2 Å². The minimum atomic E-state index is -0.120. The third kappa shape index (κ3) is 2.62. The van der Waals surface area contributed by atoms with Crippen molar-refractivity contribution in [2.75, 3.05) is 5.73 Å². The number of carbonyl (C=O) groups excluding carboxylic acids is 1. The predicted molar refractivity (Wildman–Crippen MR) is 88.6 cm³/mol. The van der Waals surface area contributed by atoms with Crippen LogP contribution in [0.5, 0.6) is 0 Å². The molecule has 3 nitrogen and oxygen atoms in total. The molecular formula is C17H16N2OS. The maximum absolute atomic E-state index is 12.4. The molecule has 1 aromatic heterocycles. The molecule has 0 saturated heterocycles. The van der Waals surface area contributed by atoms with E-state index in [1.807, 2.05) is 61.5 Å². The number of rotatable bonds is 3. The van der Waals surface area contributed by atoms with Crippen LogP contribution < -0.4 is 11.1 Å². The molecule has 0 bridgehead atoms. The van der Waals surface area contributed by atoms with Crippen molar-refractivity contribution < 1.29 is 4.79 Å². The molecule has 0 aliphatic carbocycles. The Balaban J connectivity index is 1.86. The van der Waals surface area contributed by atoms with E-state index in [1.54, 1.807) is 0 Å². The number of benzene rings is 2. The highest BCUT2D eigenvalue weighted by Gasteiger charge is 2.18. The number of hydrogen-bond acceptors (Lipinski definition) is 3. The monoisotopic (exact) mass is 296 g/mol. The molecule has 1 amide bonds. The molecule has 3 aromatic rings. The van der Waals surface area contributed by atoms with Crippen molar-refractivity contribution in [1.82, 2.24) is 5.32 Å². The van der Waals surface area contributed by atoms with E-state index in [2.05, 4.69) is 5.32 Å². The van der Waals surface area contributed by atoms with Crippen LogP contribution in [0.2, 0.25) is 0 Å². The van der Waals surface area contributed by atoms with E-state index in [9.17, 15) is 4.79 Å². The summed E-state index contributed by atoms with van der Waals surface area (Å²) in [5.41, 5.74) is 7.74. The summed E-state index contributed by atoms with van der Waals surface area (Å²) in [7, 11) is 0. The Hall–Kier alpha value is -2.33. The van der Waals surface area contributed by atoms with Crippen LogP contribution >= 0.6 is 11.3 Å². The minimum absolute atomic E-state index is 0.0525. The van der Waals surface area contributed by atoms with Crippen LogP contribution in [0, 0.1) is 0 Å². The number of anilines is 1. The second-order valence-electron chi connectivity index (χ2n) is 4.95. The zero-order valence-electron chi connectivity index (χ0n) is 11.7. The summed E-state index contributed by atoms with van der Waals surface area (Å²) >= 11 is 1.43. The molecule has 0 aliphatic rings. The molecule has 21 heavy (non-hydrogen) atoms. The molecule has 3 rings (SSSR count). The second-order valence-corrected chi connectivity index (χ2v) is 6.00. The fourth-order valence-corrected chi connectivity index (χ4v) is 3.35. The van der Waals surface area contributed by atoms with E-state index in [1.165, 1.54) is 11.3 Å². The molecule has 1 unspecified atom stereocenters. The van der Waals surface area contributed by atoms with Gasteiger partial charge in [-0.25, -0.2) is 0 Å². The van der Waals surface area contributed by atoms with Gasteiger partial charge in [-0.15, -0.1) is 11.3 Å². The molecule has 4 heteroatoms. The largest absolute Gasteiger partial charge is 0.397 e. The van der Waals surface area contributed by atoms with E-state index in [0.717, 1.165) is 15.6 Å². The number of fused-ring (bicyclic) bond motifs is 1. The van der Waals surface area contributed by atoms with Crippen LogP contribution in [0.25, 0.3) is 10.1 Å². The van der Waals surface area contributed by atoms with Crippen LogP contribution in [0.15, 0.2) is 54.6 Å². The Morgan fingerprint density at radius 3 is 2.48 bits per heavy atom. The van der Waals surface area contributed by atoms with Gasteiger partial charge in [-0.3, -0.25) is 4.79 Å². The first-order chi connectivity index (χ1) is 10.2. The summed E-state index contributed by atoms with van der Waals surface area (Å²) in [6.45, 7) is 1.97. The summed E-state index contributed by atoms with van der Waals surface area (Å²) in [5, 5.41) is 3.95. The minimum Gasteiger partial charge on any atom is -0.397 e. The first-order valence-corrected chi connectivity index (χ1v) is 7.61. The highest BCUT2D eigenvalue weighted by atomic mass is 32.1.